The average molecular weight is 655 g/mol. The molecule has 5 nitrogen and oxygen atoms in total. The molecule has 0 aliphatic carbocycles. The molecule has 0 unspecified atom stereocenters. The largest absolute Gasteiger partial charge is 0.480 e. The topological polar surface area (TPSA) is 65.0 Å². The van der Waals surface area contributed by atoms with Crippen molar-refractivity contribution in [3.8, 4) is 0 Å². The van der Waals surface area contributed by atoms with E-state index in [-0.39, 0.29) is 12.7 Å². The molecule has 0 aliphatic rings. The van der Waals surface area contributed by atoms with E-state index in [1.807, 2.05) is 0 Å². The third-order valence-corrected chi connectivity index (χ3v) is 9.33. The summed E-state index contributed by atoms with van der Waals surface area (Å²) in [4.78, 5) is 11.0. The first-order valence-electron chi connectivity index (χ1n) is 20.7. The number of aliphatic carboxylic acids is 1. The Morgan fingerprint density at radius 3 is 0.891 bits per heavy atom. The zero-order valence-electron chi connectivity index (χ0n) is 31.3. The minimum absolute atomic E-state index is 0.296. The number of hydrogen-bond acceptors (Lipinski definition) is 4. The molecule has 0 aromatic carbocycles. The fourth-order valence-corrected chi connectivity index (χ4v) is 6.27. The lowest BCUT2D eigenvalue weighted by Crippen LogP contribution is -2.28. The fourth-order valence-electron chi connectivity index (χ4n) is 6.27. The van der Waals surface area contributed by atoms with E-state index in [1.165, 1.54) is 193 Å². The number of carbonyl (C=O) groups is 1. The first-order chi connectivity index (χ1) is 22.7. The molecule has 0 heterocycles. The Morgan fingerprint density at radius 2 is 0.652 bits per heavy atom. The Bertz CT molecular complexity index is 529. The SMILES string of the molecule is CCCCCCCCCCCCCCCCCCOCC(COCCCCCCCCCCCCCCCCCC)OCC(=O)O. The van der Waals surface area contributed by atoms with Crippen molar-refractivity contribution < 1.29 is 24.1 Å². The van der Waals surface area contributed by atoms with Crippen molar-refractivity contribution in [2.24, 2.45) is 0 Å². The van der Waals surface area contributed by atoms with Gasteiger partial charge in [-0.15, -0.1) is 0 Å². The van der Waals surface area contributed by atoms with Crippen LogP contribution in [0.15, 0.2) is 0 Å². The molecule has 0 atom stereocenters. The summed E-state index contributed by atoms with van der Waals surface area (Å²) in [5, 5.41) is 9.01. The zero-order valence-corrected chi connectivity index (χ0v) is 31.3. The molecular formula is C41H82O5. The zero-order chi connectivity index (χ0) is 33.4. The van der Waals surface area contributed by atoms with Crippen LogP contribution in [-0.4, -0.2) is 50.2 Å². The van der Waals surface area contributed by atoms with Crippen LogP contribution in [0.2, 0.25) is 0 Å². The molecule has 0 aromatic rings. The highest BCUT2D eigenvalue weighted by Gasteiger charge is 2.12. The van der Waals surface area contributed by atoms with E-state index in [2.05, 4.69) is 13.8 Å². The standard InChI is InChI=1S/C41H82O5/c1-3-5-7-9-11-13-15-17-19-21-23-25-27-29-31-33-35-44-37-40(46-39-41(42)43)38-45-36-34-32-30-28-26-24-22-20-18-16-14-12-10-8-6-4-2/h40H,3-39H2,1-2H3,(H,42,43). The number of carboxylic acid groups (broad SMARTS) is 1. The third kappa shape index (κ3) is 39.5. The molecule has 5 heteroatoms. The fraction of sp³-hybridized carbons (Fsp3) is 0.976. The first kappa shape index (κ1) is 45.3. The van der Waals surface area contributed by atoms with Gasteiger partial charge in [-0.05, 0) is 12.8 Å². The van der Waals surface area contributed by atoms with Crippen LogP contribution in [0.5, 0.6) is 0 Å². The van der Waals surface area contributed by atoms with Crippen LogP contribution in [0.1, 0.15) is 219 Å². The molecule has 0 aromatic heterocycles. The van der Waals surface area contributed by atoms with Gasteiger partial charge in [0.05, 0.1) is 13.2 Å². The molecule has 0 saturated heterocycles. The Hall–Kier alpha value is -0.650. The number of unbranched alkanes of at least 4 members (excludes halogenated alkanes) is 30. The number of carboxylic acids is 1. The van der Waals surface area contributed by atoms with Gasteiger partial charge in [-0.2, -0.15) is 0 Å². The molecular weight excluding hydrogens is 572 g/mol. The lowest BCUT2D eigenvalue weighted by atomic mass is 10.0. The summed E-state index contributed by atoms with van der Waals surface area (Å²) in [6.45, 7) is 6.52. The Kier molecular flexibility index (Phi) is 40.0. The monoisotopic (exact) mass is 655 g/mol. The van der Waals surface area contributed by atoms with Crippen LogP contribution in [0.25, 0.3) is 0 Å². The van der Waals surface area contributed by atoms with E-state index in [0.717, 1.165) is 12.8 Å². The molecule has 0 amide bonds. The molecule has 0 radical (unpaired) electrons. The van der Waals surface area contributed by atoms with Crippen molar-refractivity contribution in [1.82, 2.24) is 0 Å². The highest BCUT2D eigenvalue weighted by molar-refractivity contribution is 5.68. The van der Waals surface area contributed by atoms with Gasteiger partial charge in [-0.3, -0.25) is 0 Å². The van der Waals surface area contributed by atoms with Gasteiger partial charge in [-0.25, -0.2) is 4.79 Å². The molecule has 0 saturated carbocycles. The Morgan fingerprint density at radius 1 is 0.413 bits per heavy atom. The predicted molar refractivity (Wildman–Crippen MR) is 198 cm³/mol. The van der Waals surface area contributed by atoms with Crippen LogP contribution in [0, 0.1) is 0 Å². The van der Waals surface area contributed by atoms with Crippen molar-refractivity contribution in [3.05, 3.63) is 0 Å². The van der Waals surface area contributed by atoms with Crippen LogP contribution in [0.4, 0.5) is 0 Å². The molecule has 0 rings (SSSR count). The molecule has 276 valence electrons. The maximum atomic E-state index is 11.0. The highest BCUT2D eigenvalue weighted by Crippen LogP contribution is 2.15. The Balaban J connectivity index is 3.52. The number of hydrogen-bond donors (Lipinski definition) is 1. The normalized spacial score (nSPS) is 11.6. The van der Waals surface area contributed by atoms with Crippen LogP contribution in [-0.2, 0) is 19.0 Å². The van der Waals surface area contributed by atoms with E-state index >= 15 is 0 Å². The van der Waals surface area contributed by atoms with Gasteiger partial charge in [0.25, 0.3) is 0 Å². The molecule has 0 spiro atoms. The van der Waals surface area contributed by atoms with Crippen LogP contribution >= 0.6 is 0 Å². The second-order valence-corrected chi connectivity index (χ2v) is 14.1. The molecule has 0 fully saturated rings. The van der Waals surface area contributed by atoms with E-state index in [1.54, 1.807) is 0 Å². The van der Waals surface area contributed by atoms with Crippen LogP contribution < -0.4 is 0 Å². The summed E-state index contributed by atoms with van der Waals surface area (Å²) in [5.74, 6) is -0.944. The van der Waals surface area contributed by atoms with Gasteiger partial charge in [0.1, 0.15) is 12.7 Å². The van der Waals surface area contributed by atoms with Gasteiger partial charge in [0.15, 0.2) is 0 Å². The van der Waals surface area contributed by atoms with Gasteiger partial charge >= 0.3 is 5.97 Å². The number of rotatable bonds is 41. The van der Waals surface area contributed by atoms with Crippen molar-refractivity contribution in [3.63, 3.8) is 0 Å². The van der Waals surface area contributed by atoms with Crippen molar-refractivity contribution >= 4 is 5.97 Å². The Labute approximate surface area is 288 Å². The van der Waals surface area contributed by atoms with Gasteiger partial charge in [0, 0.05) is 13.2 Å². The molecule has 0 bridgehead atoms. The average Bonchev–Trinajstić information content (AvgIpc) is 3.05. The van der Waals surface area contributed by atoms with Crippen molar-refractivity contribution in [2.75, 3.05) is 33.0 Å². The maximum absolute atomic E-state index is 11.0. The molecule has 0 aliphatic heterocycles. The minimum atomic E-state index is -0.944. The summed E-state index contributed by atoms with van der Waals surface area (Å²) < 4.78 is 17.2. The summed E-state index contributed by atoms with van der Waals surface area (Å²) >= 11 is 0. The van der Waals surface area contributed by atoms with E-state index in [4.69, 9.17) is 19.3 Å². The molecule has 1 N–H and O–H groups in total. The van der Waals surface area contributed by atoms with E-state index in [9.17, 15) is 4.79 Å². The summed E-state index contributed by atoms with van der Waals surface area (Å²) in [6, 6.07) is 0. The lowest BCUT2D eigenvalue weighted by Gasteiger charge is -2.17. The molecule has 46 heavy (non-hydrogen) atoms. The van der Waals surface area contributed by atoms with Gasteiger partial charge < -0.3 is 19.3 Å². The maximum Gasteiger partial charge on any atom is 0.329 e. The second-order valence-electron chi connectivity index (χ2n) is 14.1. The van der Waals surface area contributed by atoms with E-state index < -0.39 is 5.97 Å². The first-order valence-corrected chi connectivity index (χ1v) is 20.7. The van der Waals surface area contributed by atoms with Gasteiger partial charge in [-0.1, -0.05) is 206 Å². The second kappa shape index (κ2) is 40.5. The van der Waals surface area contributed by atoms with Crippen molar-refractivity contribution in [1.29, 1.82) is 0 Å². The van der Waals surface area contributed by atoms with Gasteiger partial charge in [0.2, 0.25) is 0 Å². The number of ether oxygens (including phenoxy) is 3. The van der Waals surface area contributed by atoms with Crippen molar-refractivity contribution in [2.45, 2.75) is 225 Å². The minimum Gasteiger partial charge on any atom is -0.480 e. The van der Waals surface area contributed by atoms with E-state index in [0.29, 0.717) is 26.4 Å². The lowest BCUT2D eigenvalue weighted by molar-refractivity contribution is -0.147. The summed E-state index contributed by atoms with van der Waals surface area (Å²) in [7, 11) is 0. The van der Waals surface area contributed by atoms with Crippen LogP contribution in [0.3, 0.4) is 0 Å². The predicted octanol–water partition coefficient (Wildman–Crippen LogP) is 13.0. The quantitative estimate of drug-likeness (QED) is 0.0665. The summed E-state index contributed by atoms with van der Waals surface area (Å²) in [6.07, 6.45) is 43.2. The third-order valence-electron chi connectivity index (χ3n) is 9.33. The highest BCUT2D eigenvalue weighted by atomic mass is 16.6. The summed E-state index contributed by atoms with van der Waals surface area (Å²) in [5.41, 5.74) is 0. The smallest absolute Gasteiger partial charge is 0.329 e.